The van der Waals surface area contributed by atoms with Crippen LogP contribution in [0.4, 0.5) is 11.4 Å². The van der Waals surface area contributed by atoms with E-state index >= 15 is 0 Å². The lowest BCUT2D eigenvalue weighted by atomic mass is 10.1. The van der Waals surface area contributed by atoms with Crippen LogP contribution in [0.15, 0.2) is 48.2 Å². The Kier molecular flexibility index (Phi) is 4.33. The summed E-state index contributed by atoms with van der Waals surface area (Å²) >= 11 is 5.30. The molecule has 25 heavy (non-hydrogen) atoms. The fourth-order valence-electron chi connectivity index (χ4n) is 2.67. The predicted octanol–water partition coefficient (Wildman–Crippen LogP) is 3.47. The van der Waals surface area contributed by atoms with Gasteiger partial charge in [0.05, 0.1) is 10.6 Å². The minimum atomic E-state index is -0.465. The van der Waals surface area contributed by atoms with Gasteiger partial charge in [-0.05, 0) is 61.5 Å². The molecule has 1 heterocycles. The van der Waals surface area contributed by atoms with E-state index in [9.17, 15) is 14.9 Å². The number of amides is 1. The van der Waals surface area contributed by atoms with Gasteiger partial charge in [-0.25, -0.2) is 0 Å². The number of anilines is 1. The van der Waals surface area contributed by atoms with E-state index < -0.39 is 4.92 Å². The maximum Gasteiger partial charge on any atom is 0.281 e. The molecule has 3 rings (SSSR count). The molecule has 1 aliphatic rings. The minimum absolute atomic E-state index is 0.000264. The quantitative estimate of drug-likeness (QED) is 0.396. The molecule has 0 spiro atoms. The van der Waals surface area contributed by atoms with Crippen molar-refractivity contribution < 1.29 is 9.72 Å². The topological polar surface area (TPSA) is 75.5 Å². The average Bonchev–Trinajstić information content (AvgIpc) is 2.82. The summed E-state index contributed by atoms with van der Waals surface area (Å²) in [7, 11) is 0. The molecule has 0 saturated carbocycles. The highest BCUT2D eigenvalue weighted by atomic mass is 32.1. The first-order valence-electron chi connectivity index (χ1n) is 7.55. The van der Waals surface area contributed by atoms with E-state index in [-0.39, 0.29) is 11.6 Å². The third-order valence-corrected chi connectivity index (χ3v) is 4.17. The Morgan fingerprint density at radius 1 is 1.16 bits per heavy atom. The molecule has 1 N–H and O–H groups in total. The number of nitro benzene ring substituents is 1. The molecule has 0 aliphatic carbocycles. The van der Waals surface area contributed by atoms with Crippen molar-refractivity contribution >= 4 is 40.7 Å². The minimum Gasteiger partial charge on any atom is -0.327 e. The van der Waals surface area contributed by atoms with Crippen LogP contribution in [-0.4, -0.2) is 15.9 Å². The molecule has 0 bridgehead atoms. The van der Waals surface area contributed by atoms with Gasteiger partial charge in [0.15, 0.2) is 5.11 Å². The molecule has 0 unspecified atom stereocenters. The van der Waals surface area contributed by atoms with Crippen LogP contribution in [0.3, 0.4) is 0 Å². The molecule has 0 radical (unpaired) electrons. The summed E-state index contributed by atoms with van der Waals surface area (Å²) in [6, 6.07) is 11.7. The summed E-state index contributed by atoms with van der Waals surface area (Å²) < 4.78 is 0. The molecular weight excluding hydrogens is 338 g/mol. The van der Waals surface area contributed by atoms with Gasteiger partial charge in [-0.15, -0.1) is 0 Å². The lowest BCUT2D eigenvalue weighted by Gasteiger charge is -2.17. The van der Waals surface area contributed by atoms with Gasteiger partial charge in [-0.1, -0.05) is 17.7 Å². The van der Waals surface area contributed by atoms with Crippen LogP contribution in [0.1, 0.15) is 16.7 Å². The Balaban J connectivity index is 1.91. The molecule has 1 fully saturated rings. The second kappa shape index (κ2) is 6.45. The number of non-ortho nitro benzene ring substituents is 1. The third kappa shape index (κ3) is 3.27. The Morgan fingerprint density at radius 3 is 2.44 bits per heavy atom. The summed E-state index contributed by atoms with van der Waals surface area (Å²) in [5, 5.41) is 13.9. The smallest absolute Gasteiger partial charge is 0.281 e. The average molecular weight is 353 g/mol. The Bertz CT molecular complexity index is 920. The van der Waals surface area contributed by atoms with E-state index in [1.54, 1.807) is 18.2 Å². The number of benzene rings is 2. The SMILES string of the molecule is Cc1ccc(N2C(=O)/C(=C\c3ccc([N+](=O)[O-])cc3)NC2=S)c(C)c1. The van der Waals surface area contributed by atoms with E-state index in [4.69, 9.17) is 12.2 Å². The highest BCUT2D eigenvalue weighted by Crippen LogP contribution is 2.26. The van der Waals surface area contributed by atoms with Gasteiger partial charge in [0.25, 0.3) is 11.6 Å². The Labute approximate surface area is 149 Å². The number of carbonyl (C=O) groups is 1. The van der Waals surface area contributed by atoms with Gasteiger partial charge in [0, 0.05) is 12.1 Å². The van der Waals surface area contributed by atoms with Crippen molar-refractivity contribution in [2.24, 2.45) is 0 Å². The highest BCUT2D eigenvalue weighted by Gasteiger charge is 2.32. The standard InChI is InChI=1S/C18H15N3O3S/c1-11-3-8-16(12(2)9-11)20-17(22)15(19-18(20)25)10-13-4-6-14(7-5-13)21(23)24/h3-10H,1-2H3,(H,19,25)/b15-10+. The first-order chi connectivity index (χ1) is 11.9. The molecule has 2 aromatic carbocycles. The number of nitro groups is 1. The van der Waals surface area contributed by atoms with Crippen LogP contribution in [0.25, 0.3) is 6.08 Å². The first kappa shape index (κ1) is 16.8. The van der Waals surface area contributed by atoms with Crippen molar-refractivity contribution in [3.8, 4) is 0 Å². The van der Waals surface area contributed by atoms with Crippen molar-refractivity contribution in [2.45, 2.75) is 13.8 Å². The number of rotatable bonds is 3. The monoisotopic (exact) mass is 353 g/mol. The molecule has 1 aliphatic heterocycles. The van der Waals surface area contributed by atoms with Crippen molar-refractivity contribution in [3.05, 3.63) is 75.0 Å². The molecule has 6 nitrogen and oxygen atoms in total. The fourth-order valence-corrected chi connectivity index (χ4v) is 2.96. The van der Waals surface area contributed by atoms with Gasteiger partial charge < -0.3 is 5.32 Å². The van der Waals surface area contributed by atoms with Crippen LogP contribution >= 0.6 is 12.2 Å². The van der Waals surface area contributed by atoms with Crippen molar-refractivity contribution in [1.29, 1.82) is 0 Å². The van der Waals surface area contributed by atoms with Gasteiger partial charge >= 0.3 is 0 Å². The number of nitrogens with one attached hydrogen (secondary N) is 1. The van der Waals surface area contributed by atoms with E-state index in [1.165, 1.54) is 17.0 Å². The summed E-state index contributed by atoms with van der Waals surface area (Å²) in [5.74, 6) is -0.254. The molecule has 2 aromatic rings. The zero-order chi connectivity index (χ0) is 18.1. The third-order valence-electron chi connectivity index (χ3n) is 3.89. The second-order valence-electron chi connectivity index (χ2n) is 5.77. The van der Waals surface area contributed by atoms with Crippen LogP contribution in [0.2, 0.25) is 0 Å². The van der Waals surface area contributed by atoms with E-state index in [0.717, 1.165) is 16.8 Å². The maximum absolute atomic E-state index is 12.7. The molecule has 0 aromatic heterocycles. The lowest BCUT2D eigenvalue weighted by Crippen LogP contribution is -2.30. The number of aryl methyl sites for hydroxylation is 2. The van der Waals surface area contributed by atoms with Gasteiger partial charge in [0.1, 0.15) is 5.70 Å². The zero-order valence-electron chi connectivity index (χ0n) is 13.6. The number of carbonyl (C=O) groups excluding carboxylic acids is 1. The number of nitrogens with zero attached hydrogens (tertiary/aromatic N) is 2. The summed E-state index contributed by atoms with van der Waals surface area (Å²) in [6.45, 7) is 3.91. The van der Waals surface area contributed by atoms with Crippen LogP contribution < -0.4 is 10.2 Å². The fraction of sp³-hybridized carbons (Fsp3) is 0.111. The maximum atomic E-state index is 12.7. The van der Waals surface area contributed by atoms with E-state index in [0.29, 0.717) is 16.4 Å². The highest BCUT2D eigenvalue weighted by molar-refractivity contribution is 7.80. The predicted molar refractivity (Wildman–Crippen MR) is 100 cm³/mol. The van der Waals surface area contributed by atoms with Gasteiger partial charge in [-0.3, -0.25) is 19.8 Å². The molecule has 1 saturated heterocycles. The molecular formula is C18H15N3O3S. The molecule has 1 amide bonds. The Hall–Kier alpha value is -3.06. The van der Waals surface area contributed by atoms with Gasteiger partial charge in [0.2, 0.25) is 0 Å². The summed E-state index contributed by atoms with van der Waals surface area (Å²) in [4.78, 5) is 24.4. The van der Waals surface area contributed by atoms with E-state index in [2.05, 4.69) is 5.32 Å². The normalized spacial score (nSPS) is 15.6. The Morgan fingerprint density at radius 2 is 1.84 bits per heavy atom. The van der Waals surface area contributed by atoms with E-state index in [1.807, 2.05) is 32.0 Å². The summed E-state index contributed by atoms with van der Waals surface area (Å²) in [6.07, 6.45) is 1.63. The van der Waals surface area contributed by atoms with Crippen LogP contribution in [0.5, 0.6) is 0 Å². The first-order valence-corrected chi connectivity index (χ1v) is 7.96. The lowest BCUT2D eigenvalue weighted by molar-refractivity contribution is -0.384. The molecule has 126 valence electrons. The van der Waals surface area contributed by atoms with Crippen LogP contribution in [0, 0.1) is 24.0 Å². The number of hydrogen-bond acceptors (Lipinski definition) is 4. The molecule has 7 heteroatoms. The molecule has 0 atom stereocenters. The zero-order valence-corrected chi connectivity index (χ0v) is 14.5. The van der Waals surface area contributed by atoms with Crippen molar-refractivity contribution in [1.82, 2.24) is 5.32 Å². The van der Waals surface area contributed by atoms with Crippen LogP contribution in [-0.2, 0) is 4.79 Å². The summed E-state index contributed by atoms with van der Waals surface area (Å²) in [5.41, 5.74) is 3.80. The largest absolute Gasteiger partial charge is 0.327 e. The number of hydrogen-bond donors (Lipinski definition) is 1. The second-order valence-corrected chi connectivity index (χ2v) is 6.15. The van der Waals surface area contributed by atoms with Crippen molar-refractivity contribution in [2.75, 3.05) is 4.90 Å². The van der Waals surface area contributed by atoms with Gasteiger partial charge in [-0.2, -0.15) is 0 Å². The van der Waals surface area contributed by atoms with Crippen molar-refractivity contribution in [3.63, 3.8) is 0 Å². The number of thiocarbonyl (C=S) groups is 1.